The summed E-state index contributed by atoms with van der Waals surface area (Å²) in [5, 5.41) is 4.74. The molecule has 7 nitrogen and oxygen atoms in total. The van der Waals surface area contributed by atoms with E-state index in [0.717, 1.165) is 22.4 Å². The Morgan fingerprint density at radius 3 is 2.64 bits per heavy atom. The number of nitrogens with zero attached hydrogens (tertiary/aromatic N) is 1. The number of rotatable bonds is 8. The zero-order valence-electron chi connectivity index (χ0n) is 18.1. The fourth-order valence-electron chi connectivity index (χ4n) is 3.54. The first kappa shape index (κ1) is 22.8. The van der Waals surface area contributed by atoms with Gasteiger partial charge >= 0.3 is 0 Å². The number of hydrazone groups is 1. The average Bonchev–Trinajstić information content (AvgIpc) is 3.35. The third-order valence-electron chi connectivity index (χ3n) is 5.37. The standard InChI is InChI=1S/C25H25ClN4O3/c1-32-24-9-5-3-6-18(24)15-27-30-25(31)23-14-22(28-29-23)17-10-12-20(13-11-17)33-16-19-7-2-4-8-21(19)26/h2-13,15,22-23,28-29H,14,16H2,1H3,(H,30,31)/b27-15+. The maximum Gasteiger partial charge on any atom is 0.258 e. The van der Waals surface area contributed by atoms with E-state index in [4.69, 9.17) is 21.1 Å². The molecule has 0 radical (unpaired) electrons. The van der Waals surface area contributed by atoms with Crippen LogP contribution < -0.4 is 25.8 Å². The minimum absolute atomic E-state index is 0.00318. The summed E-state index contributed by atoms with van der Waals surface area (Å²) in [5.41, 5.74) is 11.6. The van der Waals surface area contributed by atoms with Crippen molar-refractivity contribution in [2.24, 2.45) is 5.10 Å². The summed E-state index contributed by atoms with van der Waals surface area (Å²) in [5.74, 6) is 1.23. The molecule has 1 aliphatic heterocycles. The molecule has 1 amide bonds. The van der Waals surface area contributed by atoms with Gasteiger partial charge in [-0.1, -0.05) is 54.1 Å². The summed E-state index contributed by atoms with van der Waals surface area (Å²) in [7, 11) is 1.59. The van der Waals surface area contributed by atoms with E-state index in [1.807, 2.05) is 72.8 Å². The van der Waals surface area contributed by atoms with Gasteiger partial charge in [0.2, 0.25) is 0 Å². The van der Waals surface area contributed by atoms with Gasteiger partial charge in [0.05, 0.1) is 13.3 Å². The molecular weight excluding hydrogens is 440 g/mol. The van der Waals surface area contributed by atoms with Crippen molar-refractivity contribution in [1.29, 1.82) is 0 Å². The van der Waals surface area contributed by atoms with Crippen LogP contribution in [0.25, 0.3) is 0 Å². The lowest BCUT2D eigenvalue weighted by molar-refractivity contribution is -0.122. The Balaban J connectivity index is 1.28. The minimum atomic E-state index is -0.402. The van der Waals surface area contributed by atoms with Gasteiger partial charge in [0, 0.05) is 22.2 Å². The largest absolute Gasteiger partial charge is 0.496 e. The normalized spacial score (nSPS) is 17.8. The summed E-state index contributed by atoms with van der Waals surface area (Å²) in [6.45, 7) is 0.403. The average molecular weight is 465 g/mol. The van der Waals surface area contributed by atoms with Crippen LogP contribution in [-0.4, -0.2) is 25.3 Å². The van der Waals surface area contributed by atoms with E-state index < -0.39 is 6.04 Å². The molecular formula is C25H25ClN4O3. The lowest BCUT2D eigenvalue weighted by Gasteiger charge is -2.12. The molecule has 0 spiro atoms. The number of para-hydroxylation sites is 1. The maximum atomic E-state index is 12.5. The van der Waals surface area contributed by atoms with Crippen LogP contribution >= 0.6 is 11.6 Å². The molecule has 0 bridgehead atoms. The lowest BCUT2D eigenvalue weighted by atomic mass is 10.0. The molecule has 33 heavy (non-hydrogen) atoms. The topological polar surface area (TPSA) is 84.0 Å². The molecule has 2 unspecified atom stereocenters. The van der Waals surface area contributed by atoms with E-state index >= 15 is 0 Å². The second kappa shape index (κ2) is 11.0. The minimum Gasteiger partial charge on any atom is -0.496 e. The van der Waals surface area contributed by atoms with E-state index in [0.29, 0.717) is 23.8 Å². The zero-order valence-corrected chi connectivity index (χ0v) is 18.9. The number of ether oxygens (including phenoxy) is 2. The molecule has 3 aromatic carbocycles. The molecule has 0 saturated carbocycles. The lowest BCUT2D eigenvalue weighted by Crippen LogP contribution is -2.41. The number of halogens is 1. The highest BCUT2D eigenvalue weighted by molar-refractivity contribution is 6.31. The van der Waals surface area contributed by atoms with Gasteiger partial charge < -0.3 is 9.47 Å². The van der Waals surface area contributed by atoms with Gasteiger partial charge in [-0.15, -0.1) is 0 Å². The van der Waals surface area contributed by atoms with Gasteiger partial charge in [-0.05, 0) is 42.3 Å². The predicted molar refractivity (Wildman–Crippen MR) is 128 cm³/mol. The molecule has 1 fully saturated rings. The molecule has 3 aromatic rings. The molecule has 1 saturated heterocycles. The maximum absolute atomic E-state index is 12.5. The van der Waals surface area contributed by atoms with E-state index in [9.17, 15) is 4.79 Å². The first-order valence-electron chi connectivity index (χ1n) is 10.6. The molecule has 2 atom stereocenters. The van der Waals surface area contributed by atoms with Gasteiger partial charge in [-0.2, -0.15) is 5.10 Å². The summed E-state index contributed by atoms with van der Waals surface area (Å²) < 4.78 is 11.1. The molecule has 4 rings (SSSR count). The molecule has 8 heteroatoms. The quantitative estimate of drug-likeness (QED) is 0.347. The number of methoxy groups -OCH3 is 1. The summed E-state index contributed by atoms with van der Waals surface area (Å²) in [4.78, 5) is 12.5. The van der Waals surface area contributed by atoms with Crippen molar-refractivity contribution in [3.05, 3.63) is 94.5 Å². The van der Waals surface area contributed by atoms with Gasteiger partial charge in [-0.3, -0.25) is 4.79 Å². The summed E-state index contributed by atoms with van der Waals surface area (Å²) in [6, 6.07) is 22.5. The smallest absolute Gasteiger partial charge is 0.258 e. The summed E-state index contributed by atoms with van der Waals surface area (Å²) in [6.07, 6.45) is 2.16. The fourth-order valence-corrected chi connectivity index (χ4v) is 3.73. The van der Waals surface area contributed by atoms with Crippen LogP contribution in [-0.2, 0) is 11.4 Å². The molecule has 0 aliphatic carbocycles. The second-order valence-electron chi connectivity index (χ2n) is 7.55. The third-order valence-corrected chi connectivity index (χ3v) is 5.74. The number of carbonyl (C=O) groups is 1. The van der Waals surface area contributed by atoms with Gasteiger partial charge in [-0.25, -0.2) is 16.3 Å². The van der Waals surface area contributed by atoms with Crippen LogP contribution in [0.2, 0.25) is 5.02 Å². The van der Waals surface area contributed by atoms with Crippen molar-refractivity contribution in [3.63, 3.8) is 0 Å². The third kappa shape index (κ3) is 5.90. The van der Waals surface area contributed by atoms with Crippen molar-refractivity contribution in [2.75, 3.05) is 7.11 Å². The highest BCUT2D eigenvalue weighted by Gasteiger charge is 2.30. The molecule has 3 N–H and O–H groups in total. The Kier molecular flexibility index (Phi) is 7.57. The SMILES string of the molecule is COc1ccccc1/C=N/NC(=O)C1CC(c2ccc(OCc3ccccc3Cl)cc2)NN1. The highest BCUT2D eigenvalue weighted by atomic mass is 35.5. The number of carbonyl (C=O) groups excluding carboxylic acids is 1. The van der Waals surface area contributed by atoms with Crippen LogP contribution in [0.3, 0.4) is 0 Å². The number of hydrogen-bond donors (Lipinski definition) is 3. The Morgan fingerprint density at radius 2 is 1.85 bits per heavy atom. The van der Waals surface area contributed by atoms with Crippen LogP contribution in [0.1, 0.15) is 29.2 Å². The van der Waals surface area contributed by atoms with E-state index in [2.05, 4.69) is 21.4 Å². The Bertz CT molecular complexity index is 1120. The van der Waals surface area contributed by atoms with E-state index in [-0.39, 0.29) is 11.9 Å². The van der Waals surface area contributed by atoms with Gasteiger partial charge in [0.1, 0.15) is 24.1 Å². The van der Waals surface area contributed by atoms with Gasteiger partial charge in [0.25, 0.3) is 5.91 Å². The van der Waals surface area contributed by atoms with Crippen molar-refractivity contribution >= 4 is 23.7 Å². The predicted octanol–water partition coefficient (Wildman–Crippen LogP) is 3.99. The number of amides is 1. The number of benzene rings is 3. The number of hydrazine groups is 1. The molecule has 1 aliphatic rings. The Labute approximate surface area is 197 Å². The van der Waals surface area contributed by atoms with Crippen LogP contribution in [0.5, 0.6) is 11.5 Å². The monoisotopic (exact) mass is 464 g/mol. The van der Waals surface area contributed by atoms with E-state index in [1.165, 1.54) is 0 Å². The van der Waals surface area contributed by atoms with Gasteiger partial charge in [0.15, 0.2) is 0 Å². The number of hydrogen-bond acceptors (Lipinski definition) is 6. The zero-order chi connectivity index (χ0) is 23.0. The first-order chi connectivity index (χ1) is 16.1. The van der Waals surface area contributed by atoms with Crippen molar-refractivity contribution in [2.45, 2.75) is 25.1 Å². The van der Waals surface area contributed by atoms with Crippen LogP contribution in [0, 0.1) is 0 Å². The summed E-state index contributed by atoms with van der Waals surface area (Å²) >= 11 is 6.18. The van der Waals surface area contributed by atoms with Crippen molar-refractivity contribution < 1.29 is 14.3 Å². The Morgan fingerprint density at radius 1 is 1.09 bits per heavy atom. The molecule has 0 aromatic heterocycles. The molecule has 170 valence electrons. The second-order valence-corrected chi connectivity index (χ2v) is 7.96. The fraction of sp³-hybridized carbons (Fsp3) is 0.200. The highest BCUT2D eigenvalue weighted by Crippen LogP contribution is 2.25. The first-order valence-corrected chi connectivity index (χ1v) is 10.9. The van der Waals surface area contributed by atoms with E-state index in [1.54, 1.807) is 13.3 Å². The van der Waals surface area contributed by atoms with Crippen molar-refractivity contribution in [3.8, 4) is 11.5 Å². The van der Waals surface area contributed by atoms with Crippen LogP contribution in [0.4, 0.5) is 0 Å². The van der Waals surface area contributed by atoms with Crippen LogP contribution in [0.15, 0.2) is 77.9 Å². The molecule has 1 heterocycles. The Hall–Kier alpha value is -3.39. The number of nitrogens with one attached hydrogen (secondary N) is 3. The van der Waals surface area contributed by atoms with Crippen molar-refractivity contribution in [1.82, 2.24) is 16.3 Å².